The third kappa shape index (κ3) is 4.89. The number of nitrogens with zero attached hydrogens (tertiary/aromatic N) is 2. The lowest BCUT2D eigenvalue weighted by Crippen LogP contribution is -2.40. The highest BCUT2D eigenvalue weighted by molar-refractivity contribution is 5.85. The molecule has 2 N–H and O–H groups in total. The summed E-state index contributed by atoms with van der Waals surface area (Å²) in [6.45, 7) is 0. The molecule has 5 rings (SSSR count). The Morgan fingerprint density at radius 2 is 1.71 bits per heavy atom. The highest BCUT2D eigenvalue weighted by Crippen LogP contribution is 2.33. The van der Waals surface area contributed by atoms with E-state index in [9.17, 15) is 4.79 Å². The fourth-order valence-corrected chi connectivity index (χ4v) is 5.19. The molecule has 7 heteroatoms. The monoisotopic (exact) mass is 460 g/mol. The fourth-order valence-electron chi connectivity index (χ4n) is 5.19. The normalized spacial score (nSPS) is 22.9. The average molecular weight is 461 g/mol. The number of imidazole rings is 1. The lowest BCUT2D eigenvalue weighted by molar-refractivity contribution is -0.122. The predicted molar refractivity (Wildman–Crippen MR) is 129 cm³/mol. The zero-order chi connectivity index (χ0) is 19.8. The molecule has 2 aromatic carbocycles. The molecule has 166 valence electrons. The smallest absolute Gasteiger partial charge is 0.221 e. The zero-order valence-corrected chi connectivity index (χ0v) is 19.3. The Morgan fingerprint density at radius 3 is 2.39 bits per heavy atom. The Morgan fingerprint density at radius 1 is 1.06 bits per heavy atom. The zero-order valence-electron chi connectivity index (χ0n) is 17.7. The van der Waals surface area contributed by atoms with Gasteiger partial charge < -0.3 is 15.2 Å². The second kappa shape index (κ2) is 10.0. The van der Waals surface area contributed by atoms with Gasteiger partial charge in [0.1, 0.15) is 11.9 Å². The Labute approximate surface area is 195 Å². The number of piperidine rings is 1. The van der Waals surface area contributed by atoms with E-state index in [2.05, 4.69) is 33.4 Å². The molecule has 5 nitrogen and oxygen atoms in total. The van der Waals surface area contributed by atoms with Crippen LogP contribution in [0.15, 0.2) is 54.6 Å². The van der Waals surface area contributed by atoms with Crippen LogP contribution in [-0.2, 0) is 11.8 Å². The van der Waals surface area contributed by atoms with Crippen LogP contribution in [0.5, 0.6) is 0 Å². The van der Waals surface area contributed by atoms with Gasteiger partial charge in [0.25, 0.3) is 0 Å². The topological polar surface area (TPSA) is 59.0 Å². The molecule has 0 aliphatic carbocycles. The summed E-state index contributed by atoms with van der Waals surface area (Å²) in [5, 5.41) is 6.97. The number of aromatic nitrogens is 2. The average Bonchev–Trinajstić information content (AvgIpc) is 3.26. The van der Waals surface area contributed by atoms with Gasteiger partial charge in [-0.1, -0.05) is 42.5 Å². The summed E-state index contributed by atoms with van der Waals surface area (Å²) in [5.41, 5.74) is 3.09. The first-order valence-electron chi connectivity index (χ1n) is 10.7. The molecule has 3 heterocycles. The summed E-state index contributed by atoms with van der Waals surface area (Å²) < 4.78 is 2.10. The summed E-state index contributed by atoms with van der Waals surface area (Å²) in [6, 6.07) is 19.2. The van der Waals surface area contributed by atoms with Crippen molar-refractivity contribution in [3.8, 4) is 0 Å². The first-order chi connectivity index (χ1) is 14.2. The molecule has 0 spiro atoms. The van der Waals surface area contributed by atoms with E-state index in [0.29, 0.717) is 24.4 Å². The van der Waals surface area contributed by atoms with E-state index in [1.54, 1.807) is 0 Å². The van der Waals surface area contributed by atoms with E-state index in [4.69, 9.17) is 4.98 Å². The molecule has 3 atom stereocenters. The fraction of sp³-hybridized carbons (Fsp3) is 0.417. The SMILES string of the molecule is Cl.Cl.Cn1c(C(NC(=O)CC2CC3CCC(C2)N3)c2ccccc2)nc2ccccc21. The van der Waals surface area contributed by atoms with E-state index < -0.39 is 0 Å². The number of hydrogen-bond acceptors (Lipinski definition) is 3. The van der Waals surface area contributed by atoms with Crippen LogP contribution in [0.2, 0.25) is 0 Å². The molecule has 2 aliphatic rings. The largest absolute Gasteiger partial charge is 0.342 e. The third-order valence-corrected chi connectivity index (χ3v) is 6.56. The lowest BCUT2D eigenvalue weighted by atomic mass is 9.89. The lowest BCUT2D eigenvalue weighted by Gasteiger charge is -2.29. The van der Waals surface area contributed by atoms with Crippen LogP contribution < -0.4 is 10.6 Å². The predicted octanol–water partition coefficient (Wildman–Crippen LogP) is 4.54. The van der Waals surface area contributed by atoms with Gasteiger partial charge in [0, 0.05) is 25.6 Å². The quantitative estimate of drug-likeness (QED) is 0.587. The minimum atomic E-state index is -0.250. The molecular formula is C24H30Cl2N4O. The van der Waals surface area contributed by atoms with Crippen LogP contribution in [0.3, 0.4) is 0 Å². The van der Waals surface area contributed by atoms with Gasteiger partial charge in [0.15, 0.2) is 0 Å². The summed E-state index contributed by atoms with van der Waals surface area (Å²) in [6.07, 6.45) is 5.35. The number of amides is 1. The molecular weight excluding hydrogens is 431 g/mol. The molecule has 0 radical (unpaired) electrons. The van der Waals surface area contributed by atoms with Crippen molar-refractivity contribution in [3.05, 3.63) is 66.0 Å². The van der Waals surface area contributed by atoms with E-state index in [0.717, 1.165) is 35.3 Å². The molecule has 2 bridgehead atoms. The Bertz CT molecular complexity index is 1010. The van der Waals surface area contributed by atoms with Crippen molar-refractivity contribution in [1.82, 2.24) is 20.2 Å². The molecule has 0 saturated carbocycles. The van der Waals surface area contributed by atoms with Crippen molar-refractivity contribution in [3.63, 3.8) is 0 Å². The summed E-state index contributed by atoms with van der Waals surface area (Å²) in [4.78, 5) is 17.9. The number of carbonyl (C=O) groups excluding carboxylic acids is 1. The molecule has 3 aromatic rings. The summed E-state index contributed by atoms with van der Waals surface area (Å²) >= 11 is 0. The van der Waals surface area contributed by atoms with Gasteiger partial charge in [-0.25, -0.2) is 4.98 Å². The van der Waals surface area contributed by atoms with Crippen molar-refractivity contribution in [2.75, 3.05) is 0 Å². The maximum Gasteiger partial charge on any atom is 0.221 e. The number of carbonyl (C=O) groups is 1. The second-order valence-electron chi connectivity index (χ2n) is 8.61. The standard InChI is InChI=1S/C24H28N4O.2ClH/c1-28-21-10-6-5-9-20(21)26-24(28)23(17-7-3-2-4-8-17)27-22(29)15-16-13-18-11-12-19(14-16)25-18;;/h2-10,16,18-19,23,25H,11-15H2,1H3,(H,27,29);2*1H. The van der Waals surface area contributed by atoms with Crippen molar-refractivity contribution in [2.24, 2.45) is 13.0 Å². The minimum Gasteiger partial charge on any atom is -0.342 e. The first kappa shape index (κ1) is 23.6. The van der Waals surface area contributed by atoms with Crippen molar-refractivity contribution >= 4 is 41.8 Å². The third-order valence-electron chi connectivity index (χ3n) is 6.56. The number of halogens is 2. The van der Waals surface area contributed by atoms with E-state index in [1.165, 1.54) is 12.8 Å². The second-order valence-corrected chi connectivity index (χ2v) is 8.61. The van der Waals surface area contributed by atoms with Crippen LogP contribution in [0, 0.1) is 5.92 Å². The maximum atomic E-state index is 13.1. The van der Waals surface area contributed by atoms with Gasteiger partial charge in [-0.05, 0) is 49.3 Å². The number of fused-ring (bicyclic) bond motifs is 3. The van der Waals surface area contributed by atoms with E-state index in [1.807, 2.05) is 43.4 Å². The number of para-hydroxylation sites is 2. The molecule has 2 fully saturated rings. The van der Waals surface area contributed by atoms with Crippen LogP contribution in [0.1, 0.15) is 49.5 Å². The Kier molecular flexibility index (Phi) is 7.63. The highest BCUT2D eigenvalue weighted by atomic mass is 35.5. The van der Waals surface area contributed by atoms with Gasteiger partial charge in [0.05, 0.1) is 11.0 Å². The van der Waals surface area contributed by atoms with Crippen LogP contribution in [-0.4, -0.2) is 27.5 Å². The van der Waals surface area contributed by atoms with Gasteiger partial charge in [0.2, 0.25) is 5.91 Å². The maximum absolute atomic E-state index is 13.1. The van der Waals surface area contributed by atoms with Crippen molar-refractivity contribution in [2.45, 2.75) is 50.2 Å². The molecule has 2 saturated heterocycles. The summed E-state index contributed by atoms with van der Waals surface area (Å²) in [5.74, 6) is 1.47. The Hall–Kier alpha value is -2.08. The number of benzene rings is 2. The van der Waals surface area contributed by atoms with Crippen LogP contribution in [0.4, 0.5) is 0 Å². The molecule has 1 amide bonds. The van der Waals surface area contributed by atoms with Crippen molar-refractivity contribution < 1.29 is 4.79 Å². The van der Waals surface area contributed by atoms with Crippen LogP contribution in [0.25, 0.3) is 11.0 Å². The molecule has 31 heavy (non-hydrogen) atoms. The van der Waals surface area contributed by atoms with Gasteiger partial charge in [-0.15, -0.1) is 24.8 Å². The Balaban J connectivity index is 0.00000136. The van der Waals surface area contributed by atoms with E-state index >= 15 is 0 Å². The van der Waals surface area contributed by atoms with Gasteiger partial charge in [-0.3, -0.25) is 4.79 Å². The number of nitrogens with one attached hydrogen (secondary N) is 2. The molecule has 3 unspecified atom stereocenters. The molecule has 1 aromatic heterocycles. The van der Waals surface area contributed by atoms with E-state index in [-0.39, 0.29) is 36.8 Å². The van der Waals surface area contributed by atoms with Gasteiger partial charge in [-0.2, -0.15) is 0 Å². The minimum absolute atomic E-state index is 0. The van der Waals surface area contributed by atoms with Crippen molar-refractivity contribution in [1.29, 1.82) is 0 Å². The number of hydrogen-bond donors (Lipinski definition) is 2. The molecule has 2 aliphatic heterocycles. The first-order valence-corrected chi connectivity index (χ1v) is 10.7. The highest BCUT2D eigenvalue weighted by Gasteiger charge is 2.34. The summed E-state index contributed by atoms with van der Waals surface area (Å²) in [7, 11) is 2.03. The van der Waals surface area contributed by atoms with Crippen LogP contribution >= 0.6 is 24.8 Å². The number of aryl methyl sites for hydroxylation is 1. The van der Waals surface area contributed by atoms with Gasteiger partial charge >= 0.3 is 0 Å². The number of rotatable bonds is 5.